The molecule has 0 heterocycles. The van der Waals surface area contributed by atoms with Crippen molar-refractivity contribution < 1.29 is 33.4 Å². The Bertz CT molecular complexity index is 965. The van der Waals surface area contributed by atoms with Crippen LogP contribution in [0.3, 0.4) is 0 Å². The van der Waals surface area contributed by atoms with Gasteiger partial charge in [0.25, 0.3) is 0 Å². The van der Waals surface area contributed by atoms with Gasteiger partial charge in [0.1, 0.15) is 17.1 Å². The van der Waals surface area contributed by atoms with Gasteiger partial charge in [-0.1, -0.05) is 49.9 Å². The number of methoxy groups -OCH3 is 1. The standard InChI is InChI=1S/C26H30O7/c1-19(27)20-13-9-11-15-22(20)32-24(28)17-7-5-3-4-6-8-18-25(29)33-23-16-12-10-14-21(23)26(30)31-2/h9-16H,3-8,17-18H2,1-2H3. The molecule has 0 atom stereocenters. The fraction of sp³-hybridized carbons (Fsp3) is 0.385. The number of para-hydroxylation sites is 2. The molecule has 7 nitrogen and oxygen atoms in total. The van der Waals surface area contributed by atoms with Gasteiger partial charge >= 0.3 is 17.9 Å². The summed E-state index contributed by atoms with van der Waals surface area (Å²) in [7, 11) is 1.28. The molecule has 0 unspecified atom stereocenters. The number of ether oxygens (including phenoxy) is 3. The molecule has 176 valence electrons. The van der Waals surface area contributed by atoms with Crippen LogP contribution < -0.4 is 9.47 Å². The summed E-state index contributed by atoms with van der Waals surface area (Å²) in [6.45, 7) is 1.44. The second kappa shape index (κ2) is 13.8. The number of hydrogen-bond acceptors (Lipinski definition) is 7. The van der Waals surface area contributed by atoms with E-state index < -0.39 is 5.97 Å². The average molecular weight is 455 g/mol. The number of esters is 3. The molecule has 0 aliphatic rings. The Hall–Kier alpha value is -3.48. The summed E-state index contributed by atoms with van der Waals surface area (Å²) in [5.74, 6) is -0.929. The maximum Gasteiger partial charge on any atom is 0.341 e. The first kappa shape index (κ1) is 25.8. The SMILES string of the molecule is COC(=O)c1ccccc1OC(=O)CCCCCCCCC(=O)Oc1ccccc1C(C)=O. The first-order valence-electron chi connectivity index (χ1n) is 11.1. The highest BCUT2D eigenvalue weighted by Crippen LogP contribution is 2.21. The van der Waals surface area contributed by atoms with Crippen molar-refractivity contribution in [1.82, 2.24) is 0 Å². The number of benzene rings is 2. The van der Waals surface area contributed by atoms with Gasteiger partial charge in [0, 0.05) is 12.8 Å². The first-order valence-corrected chi connectivity index (χ1v) is 11.1. The fourth-order valence-electron chi connectivity index (χ4n) is 3.27. The Morgan fingerprint density at radius 2 is 1.06 bits per heavy atom. The summed E-state index contributed by atoms with van der Waals surface area (Å²) in [4.78, 5) is 47.4. The molecule has 7 heteroatoms. The molecule has 2 rings (SSSR count). The largest absolute Gasteiger partial charge is 0.465 e. The Kier molecular flexibility index (Phi) is 10.8. The quantitative estimate of drug-likeness (QED) is 0.175. The molecule has 0 fully saturated rings. The van der Waals surface area contributed by atoms with Crippen molar-refractivity contribution in [2.75, 3.05) is 7.11 Å². The highest BCUT2D eigenvalue weighted by atomic mass is 16.5. The number of hydrogen-bond donors (Lipinski definition) is 0. The van der Waals surface area contributed by atoms with Crippen molar-refractivity contribution in [3.05, 3.63) is 59.7 Å². The second-order valence-electron chi connectivity index (χ2n) is 7.61. The van der Waals surface area contributed by atoms with Gasteiger partial charge in [-0.25, -0.2) is 4.79 Å². The molecule has 0 saturated heterocycles. The number of Topliss-reactive ketones (excluding diaryl/α,β-unsaturated/α-hetero) is 1. The highest BCUT2D eigenvalue weighted by molar-refractivity contribution is 5.97. The number of carbonyl (C=O) groups is 4. The summed E-state index contributed by atoms with van der Waals surface area (Å²) in [6.07, 6.45) is 5.56. The summed E-state index contributed by atoms with van der Waals surface area (Å²) >= 11 is 0. The maximum atomic E-state index is 12.1. The Balaban J connectivity index is 1.58. The van der Waals surface area contributed by atoms with Crippen LogP contribution in [0.5, 0.6) is 11.5 Å². The number of rotatable bonds is 13. The van der Waals surface area contributed by atoms with E-state index in [0.29, 0.717) is 24.2 Å². The molecule has 33 heavy (non-hydrogen) atoms. The zero-order valence-electron chi connectivity index (χ0n) is 19.1. The Labute approximate surface area is 194 Å². The van der Waals surface area contributed by atoms with E-state index in [4.69, 9.17) is 14.2 Å². The third-order valence-electron chi connectivity index (χ3n) is 5.02. The first-order chi connectivity index (χ1) is 15.9. The lowest BCUT2D eigenvalue weighted by atomic mass is 10.1. The molecule has 0 amide bonds. The van der Waals surface area contributed by atoms with Crippen LogP contribution in [0.1, 0.15) is 79.0 Å². The van der Waals surface area contributed by atoms with Crippen LogP contribution in [0.2, 0.25) is 0 Å². The lowest BCUT2D eigenvalue weighted by molar-refractivity contribution is -0.135. The third-order valence-corrected chi connectivity index (χ3v) is 5.02. The van der Waals surface area contributed by atoms with Gasteiger partial charge in [0.05, 0.1) is 12.7 Å². The van der Waals surface area contributed by atoms with E-state index >= 15 is 0 Å². The molecule has 2 aromatic rings. The monoisotopic (exact) mass is 454 g/mol. The number of ketones is 1. The van der Waals surface area contributed by atoms with Crippen molar-refractivity contribution >= 4 is 23.7 Å². The maximum absolute atomic E-state index is 12.1. The molecule has 0 aliphatic heterocycles. The molecule has 2 aromatic carbocycles. The fourth-order valence-corrected chi connectivity index (χ4v) is 3.27. The topological polar surface area (TPSA) is 96.0 Å². The van der Waals surface area contributed by atoms with Gasteiger partial charge in [0.2, 0.25) is 0 Å². The van der Waals surface area contributed by atoms with E-state index in [1.54, 1.807) is 48.5 Å². The van der Waals surface area contributed by atoms with E-state index in [-0.39, 0.29) is 41.9 Å². The van der Waals surface area contributed by atoms with Gasteiger partial charge in [-0.2, -0.15) is 0 Å². The lowest BCUT2D eigenvalue weighted by Crippen LogP contribution is -2.11. The molecule has 0 aromatic heterocycles. The average Bonchev–Trinajstić information content (AvgIpc) is 2.80. The summed E-state index contributed by atoms with van der Waals surface area (Å²) in [6, 6.07) is 13.2. The lowest BCUT2D eigenvalue weighted by Gasteiger charge is -2.08. The highest BCUT2D eigenvalue weighted by Gasteiger charge is 2.15. The van der Waals surface area contributed by atoms with Crippen molar-refractivity contribution in [1.29, 1.82) is 0 Å². The van der Waals surface area contributed by atoms with E-state index in [1.807, 2.05) is 0 Å². The van der Waals surface area contributed by atoms with Crippen LogP contribution in [0.15, 0.2) is 48.5 Å². The van der Waals surface area contributed by atoms with Crippen LogP contribution in [0, 0.1) is 0 Å². The molecule has 0 aliphatic carbocycles. The van der Waals surface area contributed by atoms with Crippen molar-refractivity contribution in [2.24, 2.45) is 0 Å². The van der Waals surface area contributed by atoms with Crippen LogP contribution in [-0.2, 0) is 14.3 Å². The number of carbonyl (C=O) groups excluding carboxylic acids is 4. The van der Waals surface area contributed by atoms with E-state index in [2.05, 4.69) is 0 Å². The van der Waals surface area contributed by atoms with Crippen LogP contribution in [-0.4, -0.2) is 30.8 Å². The van der Waals surface area contributed by atoms with Gasteiger partial charge in [0.15, 0.2) is 5.78 Å². The van der Waals surface area contributed by atoms with E-state index in [9.17, 15) is 19.2 Å². The predicted octanol–water partition coefficient (Wildman–Crippen LogP) is 5.31. The smallest absolute Gasteiger partial charge is 0.341 e. The van der Waals surface area contributed by atoms with Crippen molar-refractivity contribution in [3.8, 4) is 11.5 Å². The minimum absolute atomic E-state index is 0.144. The second-order valence-corrected chi connectivity index (χ2v) is 7.61. The Morgan fingerprint density at radius 1 is 0.636 bits per heavy atom. The van der Waals surface area contributed by atoms with Crippen LogP contribution in [0.4, 0.5) is 0 Å². The zero-order chi connectivity index (χ0) is 24.1. The van der Waals surface area contributed by atoms with Crippen molar-refractivity contribution in [3.63, 3.8) is 0 Å². The molecule has 0 N–H and O–H groups in total. The van der Waals surface area contributed by atoms with Gasteiger partial charge in [-0.15, -0.1) is 0 Å². The molecular weight excluding hydrogens is 424 g/mol. The predicted molar refractivity (Wildman–Crippen MR) is 122 cm³/mol. The van der Waals surface area contributed by atoms with E-state index in [0.717, 1.165) is 25.7 Å². The summed E-state index contributed by atoms with van der Waals surface area (Å²) < 4.78 is 15.3. The number of unbranched alkanes of at least 4 members (excludes halogenated alkanes) is 5. The Morgan fingerprint density at radius 3 is 1.55 bits per heavy atom. The summed E-state index contributed by atoms with van der Waals surface area (Å²) in [5.41, 5.74) is 0.620. The molecule has 0 radical (unpaired) electrons. The van der Waals surface area contributed by atoms with E-state index in [1.165, 1.54) is 14.0 Å². The van der Waals surface area contributed by atoms with Crippen molar-refractivity contribution in [2.45, 2.75) is 58.3 Å². The van der Waals surface area contributed by atoms with Crippen LogP contribution in [0.25, 0.3) is 0 Å². The zero-order valence-corrected chi connectivity index (χ0v) is 19.1. The molecule has 0 bridgehead atoms. The minimum atomic E-state index is -0.551. The van der Waals surface area contributed by atoms with Gasteiger partial charge < -0.3 is 14.2 Å². The van der Waals surface area contributed by atoms with Gasteiger partial charge in [-0.3, -0.25) is 14.4 Å². The molecule has 0 saturated carbocycles. The normalized spacial score (nSPS) is 10.4. The molecule has 0 spiro atoms. The third kappa shape index (κ3) is 8.88. The summed E-state index contributed by atoms with van der Waals surface area (Å²) in [5, 5.41) is 0. The minimum Gasteiger partial charge on any atom is -0.465 e. The van der Waals surface area contributed by atoms with Gasteiger partial charge in [-0.05, 0) is 44.0 Å². The molecular formula is C26H30O7. The van der Waals surface area contributed by atoms with Crippen LogP contribution >= 0.6 is 0 Å².